The highest BCUT2D eigenvalue weighted by atomic mass is 19.1. The first kappa shape index (κ1) is 19.2. The van der Waals surface area contributed by atoms with Gasteiger partial charge in [-0.1, -0.05) is 0 Å². The molecular weight excluding hydrogens is 397 g/mol. The Morgan fingerprint density at radius 3 is 3.00 bits per heavy atom. The molecule has 9 heteroatoms. The standard InChI is InChI=1S/C22H20FN7O/c1-11(13-5-12(6-13)8-24)27-22(31)16-9-25-21-20(16)28-17(10-26-21)19-15-4-3-14(23)7-18(15)30(2)29-19/h3-4,7,9-13H,5-6H2,1-2H3,(H,25,26)(H,27,31). The van der Waals surface area contributed by atoms with Crippen LogP contribution in [0.2, 0.25) is 0 Å². The van der Waals surface area contributed by atoms with Crippen molar-refractivity contribution in [2.75, 3.05) is 0 Å². The fraction of sp³-hybridized carbons (Fsp3) is 0.318. The van der Waals surface area contributed by atoms with Gasteiger partial charge in [0.2, 0.25) is 0 Å². The van der Waals surface area contributed by atoms with Gasteiger partial charge < -0.3 is 10.3 Å². The minimum absolute atomic E-state index is 0.0344. The molecule has 4 aromatic rings. The summed E-state index contributed by atoms with van der Waals surface area (Å²) in [4.78, 5) is 24.9. The van der Waals surface area contributed by atoms with Crippen molar-refractivity contribution in [2.45, 2.75) is 25.8 Å². The zero-order valence-electron chi connectivity index (χ0n) is 17.1. The van der Waals surface area contributed by atoms with Crippen LogP contribution >= 0.6 is 0 Å². The summed E-state index contributed by atoms with van der Waals surface area (Å²) in [5.41, 5.74) is 3.08. The second-order valence-corrected chi connectivity index (χ2v) is 8.11. The van der Waals surface area contributed by atoms with E-state index in [1.165, 1.54) is 12.1 Å². The third-order valence-corrected chi connectivity index (χ3v) is 6.10. The first-order valence-electron chi connectivity index (χ1n) is 10.1. The summed E-state index contributed by atoms with van der Waals surface area (Å²) in [6.07, 6.45) is 4.80. The molecule has 1 amide bonds. The van der Waals surface area contributed by atoms with Crippen molar-refractivity contribution in [3.8, 4) is 17.5 Å². The summed E-state index contributed by atoms with van der Waals surface area (Å²) in [6.45, 7) is 1.96. The number of carbonyl (C=O) groups is 1. The smallest absolute Gasteiger partial charge is 0.255 e. The molecule has 2 N–H and O–H groups in total. The van der Waals surface area contributed by atoms with Crippen LogP contribution < -0.4 is 5.32 Å². The molecule has 1 saturated carbocycles. The third kappa shape index (κ3) is 3.20. The highest BCUT2D eigenvalue weighted by Crippen LogP contribution is 2.35. The molecule has 1 aliphatic rings. The van der Waals surface area contributed by atoms with Crippen molar-refractivity contribution in [1.82, 2.24) is 30.0 Å². The normalized spacial score (nSPS) is 19.2. The van der Waals surface area contributed by atoms with Crippen LogP contribution in [0.15, 0.2) is 30.6 Å². The van der Waals surface area contributed by atoms with E-state index in [0.717, 1.165) is 18.2 Å². The molecule has 1 atom stereocenters. The maximum Gasteiger partial charge on any atom is 0.255 e. The van der Waals surface area contributed by atoms with E-state index in [9.17, 15) is 9.18 Å². The van der Waals surface area contributed by atoms with Crippen molar-refractivity contribution in [1.29, 1.82) is 5.26 Å². The predicted octanol–water partition coefficient (Wildman–Crippen LogP) is 3.32. The van der Waals surface area contributed by atoms with Crippen molar-refractivity contribution >= 4 is 28.0 Å². The molecule has 0 spiro atoms. The minimum atomic E-state index is -0.338. The Bertz CT molecular complexity index is 1360. The van der Waals surface area contributed by atoms with Gasteiger partial charge in [-0.2, -0.15) is 10.4 Å². The average Bonchev–Trinajstić information content (AvgIpc) is 3.28. The fourth-order valence-corrected chi connectivity index (χ4v) is 4.18. The maximum absolute atomic E-state index is 13.6. The first-order chi connectivity index (χ1) is 14.9. The van der Waals surface area contributed by atoms with E-state index in [2.05, 4.69) is 31.4 Å². The highest BCUT2D eigenvalue weighted by molar-refractivity contribution is 6.05. The van der Waals surface area contributed by atoms with Crippen molar-refractivity contribution in [3.63, 3.8) is 0 Å². The Kier molecular flexibility index (Phi) is 4.43. The van der Waals surface area contributed by atoms with Gasteiger partial charge in [0.1, 0.15) is 22.7 Å². The first-order valence-corrected chi connectivity index (χ1v) is 10.1. The lowest BCUT2D eigenvalue weighted by Crippen LogP contribution is -2.43. The average molecular weight is 417 g/mol. The number of aromatic amines is 1. The van der Waals surface area contributed by atoms with E-state index in [1.54, 1.807) is 30.2 Å². The number of fused-ring (bicyclic) bond motifs is 2. The Hall–Kier alpha value is -3.80. The number of nitrogens with one attached hydrogen (secondary N) is 2. The lowest BCUT2D eigenvalue weighted by atomic mass is 9.72. The molecule has 5 rings (SSSR count). The second-order valence-electron chi connectivity index (χ2n) is 8.11. The Morgan fingerprint density at radius 1 is 1.42 bits per heavy atom. The SMILES string of the molecule is CC(NC(=O)c1c[nH]c2ncc(-c3nn(C)c4cc(F)ccc34)nc12)C1CC(C#N)C1. The van der Waals surface area contributed by atoms with Crippen molar-refractivity contribution < 1.29 is 9.18 Å². The Balaban J connectivity index is 1.47. The number of nitrogens with zero attached hydrogens (tertiary/aromatic N) is 5. The predicted molar refractivity (Wildman–Crippen MR) is 112 cm³/mol. The Morgan fingerprint density at radius 2 is 2.23 bits per heavy atom. The van der Waals surface area contributed by atoms with Gasteiger partial charge in [-0.05, 0) is 43.9 Å². The van der Waals surface area contributed by atoms with Gasteiger partial charge in [0.05, 0.1) is 23.3 Å². The van der Waals surface area contributed by atoms with Gasteiger partial charge >= 0.3 is 0 Å². The van der Waals surface area contributed by atoms with Gasteiger partial charge in [0.25, 0.3) is 5.91 Å². The molecule has 0 aliphatic heterocycles. The second kappa shape index (κ2) is 7.16. The number of amides is 1. The maximum atomic E-state index is 13.6. The van der Waals surface area contributed by atoms with Crippen LogP contribution in [0.4, 0.5) is 4.39 Å². The third-order valence-electron chi connectivity index (χ3n) is 6.10. The van der Waals surface area contributed by atoms with Gasteiger partial charge in [0.15, 0.2) is 5.65 Å². The number of halogens is 1. The molecular formula is C22H20FN7O. The summed E-state index contributed by atoms with van der Waals surface area (Å²) in [6, 6.07) is 6.70. The molecule has 0 saturated heterocycles. The molecule has 1 aromatic carbocycles. The van der Waals surface area contributed by atoms with Crippen LogP contribution in [-0.4, -0.2) is 36.7 Å². The molecule has 8 nitrogen and oxygen atoms in total. The van der Waals surface area contributed by atoms with E-state index in [-0.39, 0.29) is 23.7 Å². The summed E-state index contributed by atoms with van der Waals surface area (Å²) >= 11 is 0. The van der Waals surface area contributed by atoms with Crippen LogP contribution in [-0.2, 0) is 7.05 Å². The number of benzene rings is 1. The van der Waals surface area contributed by atoms with Crippen molar-refractivity contribution in [3.05, 3.63) is 42.0 Å². The number of nitriles is 1. The number of aromatic nitrogens is 5. The van der Waals surface area contributed by atoms with Gasteiger partial charge in [-0.3, -0.25) is 9.48 Å². The van der Waals surface area contributed by atoms with Crippen molar-refractivity contribution in [2.24, 2.45) is 18.9 Å². The molecule has 156 valence electrons. The molecule has 3 aromatic heterocycles. The quantitative estimate of drug-likeness (QED) is 0.529. The number of rotatable bonds is 4. The molecule has 3 heterocycles. The van der Waals surface area contributed by atoms with E-state index < -0.39 is 0 Å². The molecule has 1 fully saturated rings. The summed E-state index contributed by atoms with van der Waals surface area (Å²) in [5, 5.41) is 17.2. The largest absolute Gasteiger partial charge is 0.349 e. The zero-order valence-corrected chi connectivity index (χ0v) is 17.1. The molecule has 1 unspecified atom stereocenters. The zero-order chi connectivity index (χ0) is 21.7. The molecule has 0 bridgehead atoms. The number of aryl methyl sites for hydroxylation is 1. The fourth-order valence-electron chi connectivity index (χ4n) is 4.18. The number of hydrogen-bond acceptors (Lipinski definition) is 5. The van der Waals surface area contributed by atoms with Gasteiger partial charge in [0, 0.05) is 30.6 Å². The molecule has 31 heavy (non-hydrogen) atoms. The van der Waals surface area contributed by atoms with Gasteiger partial charge in [-0.15, -0.1) is 0 Å². The van der Waals surface area contributed by atoms with Crippen LogP contribution in [0, 0.1) is 29.0 Å². The lowest BCUT2D eigenvalue weighted by molar-refractivity contribution is 0.0896. The summed E-state index contributed by atoms with van der Waals surface area (Å²) in [7, 11) is 1.74. The highest BCUT2D eigenvalue weighted by Gasteiger charge is 2.34. The Labute approximate surface area is 177 Å². The topological polar surface area (TPSA) is 112 Å². The number of hydrogen-bond donors (Lipinski definition) is 2. The van der Waals surface area contributed by atoms with E-state index in [1.807, 2.05) is 6.92 Å². The monoisotopic (exact) mass is 417 g/mol. The van der Waals surface area contributed by atoms with E-state index in [0.29, 0.717) is 39.5 Å². The van der Waals surface area contributed by atoms with E-state index >= 15 is 0 Å². The van der Waals surface area contributed by atoms with Crippen LogP contribution in [0.3, 0.4) is 0 Å². The van der Waals surface area contributed by atoms with Crippen LogP contribution in [0.5, 0.6) is 0 Å². The number of H-pyrrole nitrogens is 1. The number of carbonyl (C=O) groups excluding carboxylic acids is 1. The van der Waals surface area contributed by atoms with Crippen LogP contribution in [0.1, 0.15) is 30.1 Å². The van der Waals surface area contributed by atoms with Gasteiger partial charge in [-0.25, -0.2) is 14.4 Å². The van der Waals surface area contributed by atoms with E-state index in [4.69, 9.17) is 5.26 Å². The summed E-state index contributed by atoms with van der Waals surface area (Å²) < 4.78 is 15.2. The summed E-state index contributed by atoms with van der Waals surface area (Å²) in [5.74, 6) is -0.179. The van der Waals surface area contributed by atoms with Crippen LogP contribution in [0.25, 0.3) is 33.5 Å². The molecule has 0 radical (unpaired) electrons. The lowest BCUT2D eigenvalue weighted by Gasteiger charge is -2.35. The minimum Gasteiger partial charge on any atom is -0.349 e. The molecule has 1 aliphatic carbocycles.